The first kappa shape index (κ1) is 11.7. The van der Waals surface area contributed by atoms with E-state index in [9.17, 15) is 10.0 Å². The third-order valence-electron chi connectivity index (χ3n) is 2.14. The molecule has 1 aromatic carbocycles. The van der Waals surface area contributed by atoms with Crippen LogP contribution in [0.15, 0.2) is 24.3 Å². The predicted molar refractivity (Wildman–Crippen MR) is 55.9 cm³/mol. The molecule has 4 nitrogen and oxygen atoms in total. The molecule has 0 aromatic heterocycles. The molecule has 0 saturated carbocycles. The zero-order valence-corrected chi connectivity index (χ0v) is 8.84. The molecule has 0 heterocycles. The maximum atomic E-state index is 10.6. The monoisotopic (exact) mass is 209 g/mol. The summed E-state index contributed by atoms with van der Waals surface area (Å²) >= 11 is 0. The summed E-state index contributed by atoms with van der Waals surface area (Å²) < 4.78 is 0. The van der Waals surface area contributed by atoms with Crippen LogP contribution in [0.5, 0.6) is 0 Å². The number of carboxylic acids is 1. The van der Waals surface area contributed by atoms with Crippen LogP contribution in [0.25, 0.3) is 0 Å². The van der Waals surface area contributed by atoms with Crippen molar-refractivity contribution in [1.82, 2.24) is 5.06 Å². The second-order valence-corrected chi connectivity index (χ2v) is 3.69. The standard InChI is InChI=1S/C11H15NO3/c1-8(2)12(15)7-9-3-5-10(6-4-9)11(13)14/h3-6,8,15H,7H2,1-2H3,(H,13,14). The van der Waals surface area contributed by atoms with Crippen molar-refractivity contribution in [2.75, 3.05) is 0 Å². The smallest absolute Gasteiger partial charge is 0.335 e. The SMILES string of the molecule is CC(C)N(O)Cc1ccc(C(=O)O)cc1. The Hall–Kier alpha value is -1.39. The molecule has 2 N–H and O–H groups in total. The summed E-state index contributed by atoms with van der Waals surface area (Å²) in [4.78, 5) is 10.6. The first-order valence-corrected chi connectivity index (χ1v) is 4.78. The molecule has 0 unspecified atom stereocenters. The highest BCUT2D eigenvalue weighted by Crippen LogP contribution is 2.08. The van der Waals surface area contributed by atoms with E-state index in [1.54, 1.807) is 12.1 Å². The van der Waals surface area contributed by atoms with E-state index in [0.29, 0.717) is 6.54 Å². The molecule has 0 bridgehead atoms. The second kappa shape index (κ2) is 4.91. The van der Waals surface area contributed by atoms with Crippen molar-refractivity contribution in [3.8, 4) is 0 Å². The van der Waals surface area contributed by atoms with E-state index >= 15 is 0 Å². The Morgan fingerprint density at radius 3 is 2.27 bits per heavy atom. The van der Waals surface area contributed by atoms with Crippen LogP contribution in [-0.2, 0) is 6.54 Å². The largest absolute Gasteiger partial charge is 0.478 e. The van der Waals surface area contributed by atoms with E-state index in [-0.39, 0.29) is 11.6 Å². The Labute approximate surface area is 88.7 Å². The minimum absolute atomic E-state index is 0.0455. The van der Waals surface area contributed by atoms with Crippen LogP contribution >= 0.6 is 0 Å². The van der Waals surface area contributed by atoms with Gasteiger partial charge in [-0.05, 0) is 31.5 Å². The summed E-state index contributed by atoms with van der Waals surface area (Å²) in [5.74, 6) is -0.939. The molecular weight excluding hydrogens is 194 g/mol. The zero-order chi connectivity index (χ0) is 11.4. The van der Waals surface area contributed by atoms with Crippen molar-refractivity contribution in [2.45, 2.75) is 26.4 Å². The number of carbonyl (C=O) groups is 1. The van der Waals surface area contributed by atoms with Gasteiger partial charge in [0.25, 0.3) is 0 Å². The fourth-order valence-corrected chi connectivity index (χ4v) is 1.12. The van der Waals surface area contributed by atoms with Crippen molar-refractivity contribution < 1.29 is 15.1 Å². The summed E-state index contributed by atoms with van der Waals surface area (Å²) in [6.07, 6.45) is 0. The fourth-order valence-electron chi connectivity index (χ4n) is 1.12. The average Bonchev–Trinajstić information content (AvgIpc) is 2.18. The van der Waals surface area contributed by atoms with Gasteiger partial charge < -0.3 is 10.3 Å². The third kappa shape index (κ3) is 3.34. The van der Waals surface area contributed by atoms with Gasteiger partial charge in [0.15, 0.2) is 0 Å². The van der Waals surface area contributed by atoms with E-state index in [4.69, 9.17) is 5.11 Å². The summed E-state index contributed by atoms with van der Waals surface area (Å²) in [5, 5.41) is 19.4. The molecule has 0 radical (unpaired) electrons. The maximum absolute atomic E-state index is 10.6. The Bertz CT molecular complexity index is 332. The van der Waals surface area contributed by atoms with Crippen molar-refractivity contribution in [2.24, 2.45) is 0 Å². The third-order valence-corrected chi connectivity index (χ3v) is 2.14. The van der Waals surface area contributed by atoms with Crippen molar-refractivity contribution in [3.05, 3.63) is 35.4 Å². The van der Waals surface area contributed by atoms with Gasteiger partial charge >= 0.3 is 5.97 Å². The number of nitrogens with zero attached hydrogens (tertiary/aromatic N) is 1. The van der Waals surface area contributed by atoms with Gasteiger partial charge in [-0.15, -0.1) is 0 Å². The van der Waals surface area contributed by atoms with Gasteiger partial charge in [-0.1, -0.05) is 12.1 Å². The molecule has 82 valence electrons. The van der Waals surface area contributed by atoms with E-state index in [1.807, 2.05) is 13.8 Å². The molecule has 1 aromatic rings. The number of benzene rings is 1. The van der Waals surface area contributed by atoms with Crippen molar-refractivity contribution in [1.29, 1.82) is 0 Å². The van der Waals surface area contributed by atoms with Gasteiger partial charge in [0.05, 0.1) is 5.56 Å². The number of hydrogen-bond donors (Lipinski definition) is 2. The molecule has 0 saturated heterocycles. The van der Waals surface area contributed by atoms with Crippen LogP contribution in [0.2, 0.25) is 0 Å². The quantitative estimate of drug-likeness (QED) is 0.744. The molecular formula is C11H15NO3. The molecule has 1 rings (SSSR count). The van der Waals surface area contributed by atoms with E-state index in [1.165, 1.54) is 17.2 Å². The van der Waals surface area contributed by atoms with E-state index < -0.39 is 5.97 Å². The number of rotatable bonds is 4. The maximum Gasteiger partial charge on any atom is 0.335 e. The molecule has 0 aliphatic carbocycles. The Kier molecular flexibility index (Phi) is 3.82. The first-order chi connectivity index (χ1) is 7.00. The predicted octanol–water partition coefficient (Wildman–Crippen LogP) is 1.98. The normalized spacial score (nSPS) is 11.0. The van der Waals surface area contributed by atoms with Gasteiger partial charge in [-0.3, -0.25) is 0 Å². The molecule has 0 aliphatic rings. The lowest BCUT2D eigenvalue weighted by molar-refractivity contribution is -0.125. The Morgan fingerprint density at radius 2 is 1.87 bits per heavy atom. The minimum atomic E-state index is -0.939. The number of hydrogen-bond acceptors (Lipinski definition) is 3. The van der Waals surface area contributed by atoms with Gasteiger partial charge in [-0.2, -0.15) is 5.06 Å². The van der Waals surface area contributed by atoms with Gasteiger partial charge in [-0.25, -0.2) is 4.79 Å². The molecule has 0 amide bonds. The van der Waals surface area contributed by atoms with Gasteiger partial charge in [0.2, 0.25) is 0 Å². The van der Waals surface area contributed by atoms with E-state index in [0.717, 1.165) is 5.56 Å². The highest BCUT2D eigenvalue weighted by molar-refractivity contribution is 5.87. The number of carboxylic acid groups (broad SMARTS) is 1. The molecule has 0 spiro atoms. The second-order valence-electron chi connectivity index (χ2n) is 3.69. The molecule has 0 aliphatic heterocycles. The highest BCUT2D eigenvalue weighted by Gasteiger charge is 2.07. The average molecular weight is 209 g/mol. The summed E-state index contributed by atoms with van der Waals surface area (Å²) in [5.41, 5.74) is 1.14. The van der Waals surface area contributed by atoms with Crippen LogP contribution in [0.1, 0.15) is 29.8 Å². The van der Waals surface area contributed by atoms with Crippen molar-refractivity contribution in [3.63, 3.8) is 0 Å². The summed E-state index contributed by atoms with van der Waals surface area (Å²) in [6, 6.07) is 6.52. The molecule has 15 heavy (non-hydrogen) atoms. The lowest BCUT2D eigenvalue weighted by atomic mass is 10.1. The van der Waals surface area contributed by atoms with Gasteiger partial charge in [0.1, 0.15) is 0 Å². The lowest BCUT2D eigenvalue weighted by Crippen LogP contribution is -2.26. The molecule has 0 atom stereocenters. The fraction of sp³-hybridized carbons (Fsp3) is 0.364. The van der Waals surface area contributed by atoms with Gasteiger partial charge in [0, 0.05) is 12.6 Å². The van der Waals surface area contributed by atoms with Crippen molar-refractivity contribution >= 4 is 5.97 Å². The number of aromatic carboxylic acids is 1. The summed E-state index contributed by atoms with van der Waals surface area (Å²) in [6.45, 7) is 4.16. The highest BCUT2D eigenvalue weighted by atomic mass is 16.5. The molecule has 0 fully saturated rings. The van der Waals surface area contributed by atoms with Crippen LogP contribution < -0.4 is 0 Å². The van der Waals surface area contributed by atoms with E-state index in [2.05, 4.69) is 0 Å². The topological polar surface area (TPSA) is 60.8 Å². The lowest BCUT2D eigenvalue weighted by Gasteiger charge is -2.18. The van der Waals surface area contributed by atoms with Crippen LogP contribution in [0.3, 0.4) is 0 Å². The zero-order valence-electron chi connectivity index (χ0n) is 8.84. The summed E-state index contributed by atoms with van der Waals surface area (Å²) in [7, 11) is 0. The minimum Gasteiger partial charge on any atom is -0.478 e. The van der Waals surface area contributed by atoms with Crippen LogP contribution in [0.4, 0.5) is 0 Å². The number of hydroxylamine groups is 2. The van der Waals surface area contributed by atoms with Crippen LogP contribution in [0, 0.1) is 0 Å². The van der Waals surface area contributed by atoms with Crippen LogP contribution in [-0.4, -0.2) is 27.4 Å². The molecule has 4 heteroatoms. The first-order valence-electron chi connectivity index (χ1n) is 4.78. The Balaban J connectivity index is 2.68. The Morgan fingerprint density at radius 1 is 1.33 bits per heavy atom.